The van der Waals surface area contributed by atoms with Gasteiger partial charge in [0.05, 0.1) is 6.61 Å². The van der Waals surface area contributed by atoms with Crippen LogP contribution in [-0.2, 0) is 14.3 Å². The molecule has 0 aromatic rings. The highest BCUT2D eigenvalue weighted by atomic mass is 33.1. The molecule has 0 fully saturated rings. The van der Waals surface area contributed by atoms with E-state index in [0.29, 0.717) is 6.61 Å². The first-order valence-electron chi connectivity index (χ1n) is 3.83. The lowest BCUT2D eigenvalue weighted by Gasteiger charge is -2.01. The third-order valence-electron chi connectivity index (χ3n) is 1.03. The van der Waals surface area contributed by atoms with Gasteiger partial charge in [-0.05, 0) is 0 Å². The molecule has 0 aliphatic heterocycles. The standard InChI is InChI=1S/C8H14O3S2/c1-3-8(9)11-5-7-13-12-6-4-10-2/h3H,1,4-7H2,2H3. The van der Waals surface area contributed by atoms with Crippen molar-refractivity contribution < 1.29 is 14.3 Å². The van der Waals surface area contributed by atoms with E-state index in [1.807, 2.05) is 0 Å². The minimum Gasteiger partial charge on any atom is -0.462 e. The van der Waals surface area contributed by atoms with E-state index < -0.39 is 0 Å². The summed E-state index contributed by atoms with van der Waals surface area (Å²) < 4.78 is 9.65. The van der Waals surface area contributed by atoms with E-state index in [9.17, 15) is 4.79 Å². The second-order valence-electron chi connectivity index (χ2n) is 2.01. The van der Waals surface area contributed by atoms with Gasteiger partial charge in [0.25, 0.3) is 0 Å². The average Bonchev–Trinajstić information content (AvgIpc) is 2.16. The Balaban J connectivity index is 2.99. The van der Waals surface area contributed by atoms with Crippen molar-refractivity contribution in [2.45, 2.75) is 0 Å². The van der Waals surface area contributed by atoms with E-state index in [1.54, 1.807) is 28.7 Å². The molecule has 0 heterocycles. The van der Waals surface area contributed by atoms with Crippen LogP contribution in [0.1, 0.15) is 0 Å². The molecule has 0 rings (SSSR count). The van der Waals surface area contributed by atoms with E-state index in [4.69, 9.17) is 9.47 Å². The minimum atomic E-state index is -0.359. The van der Waals surface area contributed by atoms with Crippen molar-refractivity contribution in [1.29, 1.82) is 0 Å². The highest BCUT2D eigenvalue weighted by Crippen LogP contribution is 2.19. The molecular formula is C8H14O3S2. The van der Waals surface area contributed by atoms with Crippen molar-refractivity contribution in [3.8, 4) is 0 Å². The molecule has 0 aromatic heterocycles. The van der Waals surface area contributed by atoms with Gasteiger partial charge >= 0.3 is 5.97 Å². The van der Waals surface area contributed by atoms with Crippen molar-refractivity contribution in [3.05, 3.63) is 12.7 Å². The van der Waals surface area contributed by atoms with Gasteiger partial charge in [0.2, 0.25) is 0 Å². The van der Waals surface area contributed by atoms with E-state index in [2.05, 4.69) is 6.58 Å². The normalized spacial score (nSPS) is 9.62. The number of hydrogen-bond acceptors (Lipinski definition) is 5. The van der Waals surface area contributed by atoms with Crippen LogP contribution in [-0.4, -0.2) is 37.8 Å². The van der Waals surface area contributed by atoms with Gasteiger partial charge in [-0.1, -0.05) is 28.2 Å². The van der Waals surface area contributed by atoms with Gasteiger partial charge in [0.1, 0.15) is 6.61 Å². The van der Waals surface area contributed by atoms with Gasteiger partial charge < -0.3 is 9.47 Å². The Morgan fingerprint density at radius 1 is 1.38 bits per heavy atom. The minimum absolute atomic E-state index is 0.359. The summed E-state index contributed by atoms with van der Waals surface area (Å²) >= 11 is 0. The Kier molecular flexibility index (Phi) is 9.85. The predicted molar refractivity (Wildman–Crippen MR) is 57.9 cm³/mol. The lowest BCUT2D eigenvalue weighted by atomic mass is 10.6. The fourth-order valence-electron chi connectivity index (χ4n) is 0.470. The van der Waals surface area contributed by atoms with Gasteiger partial charge in [-0.25, -0.2) is 4.79 Å². The van der Waals surface area contributed by atoms with Gasteiger partial charge in [0.15, 0.2) is 0 Å². The first-order valence-corrected chi connectivity index (χ1v) is 6.32. The van der Waals surface area contributed by atoms with Crippen LogP contribution >= 0.6 is 21.6 Å². The van der Waals surface area contributed by atoms with Gasteiger partial charge in [-0.3, -0.25) is 0 Å². The quantitative estimate of drug-likeness (QED) is 0.270. The number of esters is 1. The molecule has 3 nitrogen and oxygen atoms in total. The van der Waals surface area contributed by atoms with Crippen molar-refractivity contribution in [3.63, 3.8) is 0 Å². The summed E-state index contributed by atoms with van der Waals surface area (Å²) in [5.74, 6) is 1.40. The highest BCUT2D eigenvalue weighted by molar-refractivity contribution is 8.76. The Morgan fingerprint density at radius 2 is 2.00 bits per heavy atom. The molecular weight excluding hydrogens is 208 g/mol. The molecule has 0 aromatic carbocycles. The molecule has 5 heteroatoms. The lowest BCUT2D eigenvalue weighted by Crippen LogP contribution is -2.03. The molecule has 0 aliphatic rings. The maximum atomic E-state index is 10.6. The van der Waals surface area contributed by atoms with Crippen LogP contribution in [0.4, 0.5) is 0 Å². The van der Waals surface area contributed by atoms with Crippen LogP contribution in [0.5, 0.6) is 0 Å². The van der Waals surface area contributed by atoms with E-state index in [-0.39, 0.29) is 5.97 Å². The SMILES string of the molecule is C=CC(=O)OCCSSCCOC. The summed E-state index contributed by atoms with van der Waals surface area (Å²) in [4.78, 5) is 10.6. The number of carbonyl (C=O) groups excluding carboxylic acids is 1. The van der Waals surface area contributed by atoms with E-state index >= 15 is 0 Å². The Hall–Kier alpha value is -0.130. The molecule has 0 saturated heterocycles. The molecule has 0 aliphatic carbocycles. The summed E-state index contributed by atoms with van der Waals surface area (Å²) in [5.41, 5.74) is 0. The van der Waals surface area contributed by atoms with E-state index in [1.165, 1.54) is 6.08 Å². The van der Waals surface area contributed by atoms with Crippen LogP contribution in [0, 0.1) is 0 Å². The average molecular weight is 222 g/mol. The summed E-state index contributed by atoms with van der Waals surface area (Å²) in [5, 5.41) is 0. The van der Waals surface area contributed by atoms with Crippen molar-refractivity contribution in [1.82, 2.24) is 0 Å². The van der Waals surface area contributed by atoms with Crippen LogP contribution < -0.4 is 0 Å². The van der Waals surface area contributed by atoms with E-state index in [0.717, 1.165) is 18.1 Å². The number of methoxy groups -OCH3 is 1. The molecule has 13 heavy (non-hydrogen) atoms. The van der Waals surface area contributed by atoms with Gasteiger partial charge in [-0.2, -0.15) is 0 Å². The number of ether oxygens (including phenoxy) is 2. The molecule has 0 amide bonds. The third-order valence-corrected chi connectivity index (χ3v) is 3.37. The fourth-order valence-corrected chi connectivity index (χ4v) is 2.21. The summed E-state index contributed by atoms with van der Waals surface area (Å²) in [6, 6.07) is 0. The van der Waals surface area contributed by atoms with Crippen molar-refractivity contribution >= 4 is 27.6 Å². The smallest absolute Gasteiger partial charge is 0.330 e. The molecule has 0 atom stereocenters. The Bertz CT molecular complexity index is 150. The lowest BCUT2D eigenvalue weighted by molar-refractivity contribution is -0.137. The maximum absolute atomic E-state index is 10.6. The molecule has 0 unspecified atom stereocenters. The number of rotatable bonds is 8. The van der Waals surface area contributed by atoms with Gasteiger partial charge in [0, 0.05) is 24.7 Å². The van der Waals surface area contributed by atoms with Crippen LogP contribution in [0.2, 0.25) is 0 Å². The second kappa shape index (κ2) is 9.95. The summed E-state index contributed by atoms with van der Waals surface area (Å²) in [6.45, 7) is 4.49. The van der Waals surface area contributed by atoms with Crippen molar-refractivity contribution in [2.24, 2.45) is 0 Å². The highest BCUT2D eigenvalue weighted by Gasteiger charge is 1.95. The first kappa shape index (κ1) is 12.9. The largest absolute Gasteiger partial charge is 0.462 e. The molecule has 0 bridgehead atoms. The molecule has 0 N–H and O–H groups in total. The van der Waals surface area contributed by atoms with Crippen molar-refractivity contribution in [2.75, 3.05) is 31.8 Å². The Morgan fingerprint density at radius 3 is 2.54 bits per heavy atom. The zero-order valence-electron chi connectivity index (χ0n) is 7.65. The maximum Gasteiger partial charge on any atom is 0.330 e. The molecule has 76 valence electrons. The zero-order chi connectivity index (χ0) is 9.94. The zero-order valence-corrected chi connectivity index (χ0v) is 9.29. The summed E-state index contributed by atoms with van der Waals surface area (Å²) in [6.07, 6.45) is 1.17. The predicted octanol–water partition coefficient (Wildman–Crippen LogP) is 1.74. The van der Waals surface area contributed by atoms with Crippen LogP contribution in [0.15, 0.2) is 12.7 Å². The number of hydrogen-bond donors (Lipinski definition) is 0. The Labute approximate surface area is 86.6 Å². The fraction of sp³-hybridized carbons (Fsp3) is 0.625. The van der Waals surface area contributed by atoms with Crippen LogP contribution in [0.3, 0.4) is 0 Å². The first-order chi connectivity index (χ1) is 6.31. The van der Waals surface area contributed by atoms with Crippen LogP contribution in [0.25, 0.3) is 0 Å². The molecule has 0 spiro atoms. The number of carbonyl (C=O) groups is 1. The summed E-state index contributed by atoms with van der Waals surface area (Å²) in [7, 11) is 5.06. The second-order valence-corrected chi connectivity index (χ2v) is 4.71. The topological polar surface area (TPSA) is 35.5 Å². The van der Waals surface area contributed by atoms with Gasteiger partial charge in [-0.15, -0.1) is 0 Å². The monoisotopic (exact) mass is 222 g/mol. The third kappa shape index (κ3) is 9.79. The molecule has 0 radical (unpaired) electrons. The molecule has 0 saturated carbocycles.